The van der Waals surface area contributed by atoms with E-state index in [9.17, 15) is 4.79 Å². The number of nitrogens with zero attached hydrogens (tertiary/aromatic N) is 1. The first-order valence-corrected chi connectivity index (χ1v) is 4.62. The molecule has 0 aromatic carbocycles. The molecule has 14 heavy (non-hydrogen) atoms. The Hall–Kier alpha value is -1.34. The highest BCUT2D eigenvalue weighted by atomic mass is 16.5. The fourth-order valence-electron chi connectivity index (χ4n) is 0.734. The molecular weight excluding hydrogens is 182 g/mol. The van der Waals surface area contributed by atoms with E-state index < -0.39 is 5.97 Å². The maximum atomic E-state index is 10.8. The molecule has 0 aromatic rings. The molecule has 78 valence electrons. The van der Waals surface area contributed by atoms with Crippen LogP contribution in [0.4, 0.5) is 0 Å². The van der Waals surface area contributed by atoms with Crippen LogP contribution >= 0.6 is 0 Å². The molecule has 0 bridgehead atoms. The van der Waals surface area contributed by atoms with Gasteiger partial charge in [-0.3, -0.25) is 0 Å². The molecule has 4 nitrogen and oxygen atoms in total. The van der Waals surface area contributed by atoms with E-state index in [4.69, 9.17) is 14.7 Å². The van der Waals surface area contributed by atoms with Crippen molar-refractivity contribution in [1.29, 1.82) is 5.26 Å². The quantitative estimate of drug-likeness (QED) is 0.268. The largest absolute Gasteiger partial charge is 0.462 e. The van der Waals surface area contributed by atoms with E-state index in [2.05, 4.69) is 0 Å². The third-order valence-corrected chi connectivity index (χ3v) is 1.32. The summed E-state index contributed by atoms with van der Waals surface area (Å²) >= 11 is 0. The number of allylic oxidation sites excluding steroid dienone is 1. The fraction of sp³-hybridized carbons (Fsp3) is 0.600. The molecule has 0 saturated heterocycles. The average molecular weight is 197 g/mol. The highest BCUT2D eigenvalue weighted by Crippen LogP contribution is 1.88. The molecule has 0 aromatic heterocycles. The van der Waals surface area contributed by atoms with Gasteiger partial charge in [0.1, 0.15) is 0 Å². The van der Waals surface area contributed by atoms with Gasteiger partial charge in [0.15, 0.2) is 0 Å². The number of hydrogen-bond donors (Lipinski definition) is 0. The molecule has 0 fully saturated rings. The molecule has 0 unspecified atom stereocenters. The van der Waals surface area contributed by atoms with Gasteiger partial charge in [-0.15, -0.1) is 0 Å². The molecule has 0 rings (SSSR count). The number of rotatable bonds is 7. The first-order valence-electron chi connectivity index (χ1n) is 4.62. The van der Waals surface area contributed by atoms with Crippen LogP contribution in [0.15, 0.2) is 12.2 Å². The zero-order chi connectivity index (χ0) is 10.6. The lowest BCUT2D eigenvalue weighted by molar-refractivity contribution is -0.138. The van der Waals surface area contributed by atoms with E-state index in [1.807, 2.05) is 6.92 Å². The van der Waals surface area contributed by atoms with Crippen LogP contribution in [0.1, 0.15) is 19.8 Å². The summed E-state index contributed by atoms with van der Waals surface area (Å²) in [6.45, 7) is 3.70. The third-order valence-electron chi connectivity index (χ3n) is 1.32. The van der Waals surface area contributed by atoms with Crippen LogP contribution in [0.25, 0.3) is 0 Å². The van der Waals surface area contributed by atoms with Crippen molar-refractivity contribution in [3.8, 4) is 6.07 Å². The molecule has 0 radical (unpaired) electrons. The normalized spacial score (nSPS) is 10.0. The molecule has 0 N–H and O–H groups in total. The molecule has 0 aliphatic heterocycles. The van der Waals surface area contributed by atoms with Crippen LogP contribution < -0.4 is 0 Å². The monoisotopic (exact) mass is 197 g/mol. The second-order valence-electron chi connectivity index (χ2n) is 2.60. The van der Waals surface area contributed by atoms with Crippen molar-refractivity contribution >= 4 is 5.97 Å². The first kappa shape index (κ1) is 12.7. The summed E-state index contributed by atoms with van der Waals surface area (Å²) in [5, 5.41) is 8.12. The topological polar surface area (TPSA) is 59.3 Å². The molecule has 0 saturated carbocycles. The van der Waals surface area contributed by atoms with Gasteiger partial charge in [-0.05, 0) is 6.42 Å². The van der Waals surface area contributed by atoms with Gasteiger partial charge in [-0.1, -0.05) is 6.92 Å². The number of ether oxygens (including phenoxy) is 2. The Bertz CT molecular complexity index is 218. The van der Waals surface area contributed by atoms with E-state index in [0.717, 1.165) is 25.2 Å². The lowest BCUT2D eigenvalue weighted by Gasteiger charge is -2.02. The standard InChI is InChI=1S/C10H15NO3/c1-2-7-13-8-4-9-14-10(12)5-3-6-11/h3,5H,2,4,7-9H2,1H3. The maximum absolute atomic E-state index is 10.8. The highest BCUT2D eigenvalue weighted by Gasteiger charge is 1.95. The van der Waals surface area contributed by atoms with Crippen molar-refractivity contribution < 1.29 is 14.3 Å². The van der Waals surface area contributed by atoms with Crippen molar-refractivity contribution in [3.05, 3.63) is 12.2 Å². The van der Waals surface area contributed by atoms with Gasteiger partial charge in [-0.2, -0.15) is 5.26 Å². The molecule has 0 aliphatic rings. The molecular formula is C10H15NO3. The van der Waals surface area contributed by atoms with E-state index in [1.54, 1.807) is 6.07 Å². The van der Waals surface area contributed by atoms with Gasteiger partial charge in [0.05, 0.1) is 12.7 Å². The smallest absolute Gasteiger partial charge is 0.331 e. The van der Waals surface area contributed by atoms with E-state index in [1.165, 1.54) is 0 Å². The fourth-order valence-corrected chi connectivity index (χ4v) is 0.734. The lowest BCUT2D eigenvalue weighted by atomic mass is 10.4. The summed E-state index contributed by atoms with van der Waals surface area (Å²) < 4.78 is 9.95. The summed E-state index contributed by atoms with van der Waals surface area (Å²) in [6, 6.07) is 1.71. The van der Waals surface area contributed by atoms with Crippen molar-refractivity contribution in [2.75, 3.05) is 19.8 Å². The number of esters is 1. The number of carbonyl (C=O) groups is 1. The van der Waals surface area contributed by atoms with Crippen LogP contribution in [0, 0.1) is 11.3 Å². The Balaban J connectivity index is 3.24. The van der Waals surface area contributed by atoms with E-state index in [0.29, 0.717) is 19.6 Å². The van der Waals surface area contributed by atoms with Crippen molar-refractivity contribution in [3.63, 3.8) is 0 Å². The van der Waals surface area contributed by atoms with Gasteiger partial charge in [0, 0.05) is 31.8 Å². The minimum atomic E-state index is -0.484. The predicted molar refractivity (Wildman–Crippen MR) is 51.4 cm³/mol. The average Bonchev–Trinajstić information content (AvgIpc) is 2.20. The highest BCUT2D eigenvalue weighted by molar-refractivity contribution is 5.82. The summed E-state index contributed by atoms with van der Waals surface area (Å²) in [7, 11) is 0. The van der Waals surface area contributed by atoms with Gasteiger partial charge < -0.3 is 9.47 Å². The Morgan fingerprint density at radius 1 is 1.43 bits per heavy atom. The summed E-state index contributed by atoms with van der Waals surface area (Å²) in [6.07, 6.45) is 3.87. The number of nitriles is 1. The number of carbonyl (C=O) groups excluding carboxylic acids is 1. The SMILES string of the molecule is CCCOCCCOC(=O)C=CC#N. The maximum Gasteiger partial charge on any atom is 0.331 e. The zero-order valence-electron chi connectivity index (χ0n) is 8.36. The lowest BCUT2D eigenvalue weighted by Crippen LogP contribution is -2.05. The van der Waals surface area contributed by atoms with E-state index >= 15 is 0 Å². The minimum absolute atomic E-state index is 0.332. The Morgan fingerprint density at radius 3 is 2.86 bits per heavy atom. The van der Waals surface area contributed by atoms with Crippen molar-refractivity contribution in [2.24, 2.45) is 0 Å². The van der Waals surface area contributed by atoms with Crippen LogP contribution in [0.2, 0.25) is 0 Å². The molecule has 0 atom stereocenters. The van der Waals surface area contributed by atoms with E-state index in [-0.39, 0.29) is 0 Å². The molecule has 0 heterocycles. The second-order valence-corrected chi connectivity index (χ2v) is 2.60. The van der Waals surface area contributed by atoms with Crippen molar-refractivity contribution in [2.45, 2.75) is 19.8 Å². The van der Waals surface area contributed by atoms with Gasteiger partial charge in [-0.25, -0.2) is 4.79 Å². The molecule has 0 amide bonds. The minimum Gasteiger partial charge on any atom is -0.462 e. The van der Waals surface area contributed by atoms with Crippen LogP contribution in [0.5, 0.6) is 0 Å². The van der Waals surface area contributed by atoms with Crippen LogP contribution in [0.3, 0.4) is 0 Å². The van der Waals surface area contributed by atoms with Gasteiger partial charge in [0.25, 0.3) is 0 Å². The Labute approximate surface area is 84.1 Å². The first-order chi connectivity index (χ1) is 6.81. The van der Waals surface area contributed by atoms with Gasteiger partial charge >= 0.3 is 5.97 Å². The summed E-state index contributed by atoms with van der Waals surface area (Å²) in [5.74, 6) is -0.484. The second kappa shape index (κ2) is 9.75. The molecule has 0 aliphatic carbocycles. The molecule has 4 heteroatoms. The van der Waals surface area contributed by atoms with Gasteiger partial charge in [0.2, 0.25) is 0 Å². The zero-order valence-corrected chi connectivity index (χ0v) is 8.36. The Morgan fingerprint density at radius 2 is 2.21 bits per heavy atom. The Kier molecular flexibility index (Phi) is 8.81. The number of hydrogen-bond acceptors (Lipinski definition) is 4. The van der Waals surface area contributed by atoms with Crippen LogP contribution in [-0.4, -0.2) is 25.8 Å². The van der Waals surface area contributed by atoms with Crippen LogP contribution in [-0.2, 0) is 14.3 Å². The molecule has 0 spiro atoms. The summed E-state index contributed by atoms with van der Waals surface area (Å²) in [4.78, 5) is 10.8. The summed E-state index contributed by atoms with van der Waals surface area (Å²) in [5.41, 5.74) is 0. The van der Waals surface area contributed by atoms with Crippen molar-refractivity contribution in [1.82, 2.24) is 0 Å². The third kappa shape index (κ3) is 8.75. The predicted octanol–water partition coefficient (Wildman–Crippen LogP) is 1.43.